The second kappa shape index (κ2) is 6.30. The maximum atomic E-state index is 10.7. The lowest BCUT2D eigenvalue weighted by molar-refractivity contribution is 0.0871. The third-order valence-corrected chi connectivity index (χ3v) is 2.64. The molecule has 2 rings (SSSR count). The Morgan fingerprint density at radius 1 is 1.41 bits per heavy atom. The number of rotatable bonds is 2. The van der Waals surface area contributed by atoms with E-state index in [-0.39, 0.29) is 18.5 Å². The molecule has 0 unspecified atom stereocenters. The molecule has 1 aromatic rings. The van der Waals surface area contributed by atoms with Crippen molar-refractivity contribution >= 4 is 18.5 Å². The summed E-state index contributed by atoms with van der Waals surface area (Å²) < 4.78 is 5.65. The van der Waals surface area contributed by atoms with Gasteiger partial charge in [0.15, 0.2) is 0 Å². The third-order valence-electron chi connectivity index (χ3n) is 2.64. The zero-order chi connectivity index (χ0) is 11.4. The Labute approximate surface area is 106 Å². The number of nitrogens with zero attached hydrogens (tertiary/aromatic N) is 2. The number of halogens is 1. The maximum absolute atomic E-state index is 10.7. The highest BCUT2D eigenvalue weighted by Gasteiger charge is 2.23. The predicted octanol–water partition coefficient (Wildman–Crippen LogP) is 2.02. The second-order valence-electron chi connectivity index (χ2n) is 3.75. The standard InChI is InChI=1S/C11H14N2O3.ClH/c14-11(15)13-7-4-9(5-8-13)16-10-3-1-2-6-12-10;/h1-3,6,9H,4-5,7-8H2,(H,14,15);1H. The summed E-state index contributed by atoms with van der Waals surface area (Å²) in [6.45, 7) is 1.07. The Hall–Kier alpha value is -1.49. The summed E-state index contributed by atoms with van der Waals surface area (Å²) in [5.74, 6) is 0.608. The van der Waals surface area contributed by atoms with Crippen LogP contribution in [0.15, 0.2) is 24.4 Å². The van der Waals surface area contributed by atoms with Gasteiger partial charge in [-0.3, -0.25) is 0 Å². The van der Waals surface area contributed by atoms with Gasteiger partial charge in [-0.1, -0.05) is 6.07 Å². The molecule has 0 aromatic carbocycles. The van der Waals surface area contributed by atoms with Gasteiger partial charge >= 0.3 is 6.09 Å². The number of carboxylic acid groups (broad SMARTS) is 1. The minimum Gasteiger partial charge on any atom is -0.474 e. The number of piperidine rings is 1. The van der Waals surface area contributed by atoms with Gasteiger partial charge in [0.2, 0.25) is 5.88 Å². The SMILES string of the molecule is Cl.O=C(O)N1CCC(Oc2ccccn2)CC1. The molecule has 5 nitrogen and oxygen atoms in total. The van der Waals surface area contributed by atoms with Crippen molar-refractivity contribution in [1.82, 2.24) is 9.88 Å². The van der Waals surface area contributed by atoms with E-state index < -0.39 is 6.09 Å². The summed E-state index contributed by atoms with van der Waals surface area (Å²) in [4.78, 5) is 16.2. The van der Waals surface area contributed by atoms with E-state index in [2.05, 4.69) is 4.98 Å². The number of hydrogen-bond acceptors (Lipinski definition) is 3. The van der Waals surface area contributed by atoms with Gasteiger partial charge in [-0.15, -0.1) is 12.4 Å². The van der Waals surface area contributed by atoms with Crippen molar-refractivity contribution in [2.45, 2.75) is 18.9 Å². The monoisotopic (exact) mass is 258 g/mol. The van der Waals surface area contributed by atoms with Gasteiger partial charge < -0.3 is 14.7 Å². The van der Waals surface area contributed by atoms with Gasteiger partial charge in [0, 0.05) is 38.2 Å². The van der Waals surface area contributed by atoms with Crippen LogP contribution in [0.2, 0.25) is 0 Å². The molecule has 1 aliphatic rings. The summed E-state index contributed by atoms with van der Waals surface area (Å²) in [7, 11) is 0. The molecule has 94 valence electrons. The van der Waals surface area contributed by atoms with Crippen molar-refractivity contribution in [2.75, 3.05) is 13.1 Å². The molecule has 0 radical (unpaired) electrons. The predicted molar refractivity (Wildman–Crippen MR) is 64.7 cm³/mol. The van der Waals surface area contributed by atoms with Crippen molar-refractivity contribution in [3.05, 3.63) is 24.4 Å². The number of likely N-dealkylation sites (tertiary alicyclic amines) is 1. The van der Waals surface area contributed by atoms with Gasteiger partial charge in [-0.2, -0.15) is 0 Å². The average molecular weight is 259 g/mol. The largest absolute Gasteiger partial charge is 0.474 e. The molecule has 0 bridgehead atoms. The Balaban J connectivity index is 0.00000144. The van der Waals surface area contributed by atoms with Gasteiger partial charge in [-0.25, -0.2) is 9.78 Å². The summed E-state index contributed by atoms with van der Waals surface area (Å²) in [5, 5.41) is 8.79. The first-order valence-electron chi connectivity index (χ1n) is 5.31. The molecule has 1 saturated heterocycles. The molecule has 17 heavy (non-hydrogen) atoms. The van der Waals surface area contributed by atoms with Crippen LogP contribution in [0.3, 0.4) is 0 Å². The van der Waals surface area contributed by atoms with Crippen LogP contribution in [0, 0.1) is 0 Å². The second-order valence-corrected chi connectivity index (χ2v) is 3.75. The van der Waals surface area contributed by atoms with Crippen LogP contribution in [0.1, 0.15) is 12.8 Å². The minimum absolute atomic E-state index is 0. The summed E-state index contributed by atoms with van der Waals surface area (Å²) >= 11 is 0. The quantitative estimate of drug-likeness (QED) is 0.882. The van der Waals surface area contributed by atoms with E-state index in [1.54, 1.807) is 6.20 Å². The minimum atomic E-state index is -0.851. The lowest BCUT2D eigenvalue weighted by atomic mass is 10.1. The van der Waals surface area contributed by atoms with E-state index in [9.17, 15) is 4.79 Å². The normalized spacial score (nSPS) is 16.1. The third kappa shape index (κ3) is 3.78. The van der Waals surface area contributed by atoms with Crippen LogP contribution in [-0.2, 0) is 0 Å². The van der Waals surface area contributed by atoms with E-state index in [0.29, 0.717) is 19.0 Å². The summed E-state index contributed by atoms with van der Waals surface area (Å²) in [6, 6.07) is 5.51. The zero-order valence-corrected chi connectivity index (χ0v) is 10.1. The summed E-state index contributed by atoms with van der Waals surface area (Å²) in [6.07, 6.45) is 2.36. The molecule has 1 amide bonds. The van der Waals surface area contributed by atoms with E-state index in [4.69, 9.17) is 9.84 Å². The number of amides is 1. The smallest absolute Gasteiger partial charge is 0.407 e. The maximum Gasteiger partial charge on any atom is 0.407 e. The van der Waals surface area contributed by atoms with Gasteiger partial charge in [0.1, 0.15) is 6.10 Å². The van der Waals surface area contributed by atoms with E-state index in [1.165, 1.54) is 4.90 Å². The first-order chi connectivity index (χ1) is 7.75. The van der Waals surface area contributed by atoms with E-state index >= 15 is 0 Å². The number of ether oxygens (including phenoxy) is 1. The molecule has 0 spiro atoms. The van der Waals surface area contributed by atoms with Crippen LogP contribution in [-0.4, -0.2) is 40.3 Å². The summed E-state index contributed by atoms with van der Waals surface area (Å²) in [5.41, 5.74) is 0. The fourth-order valence-electron chi connectivity index (χ4n) is 1.75. The van der Waals surface area contributed by atoms with Crippen molar-refractivity contribution in [3.8, 4) is 5.88 Å². The molecule has 0 aliphatic carbocycles. The zero-order valence-electron chi connectivity index (χ0n) is 9.28. The average Bonchev–Trinajstić information content (AvgIpc) is 2.31. The number of pyridine rings is 1. The van der Waals surface area contributed by atoms with Gasteiger partial charge in [0.05, 0.1) is 0 Å². The molecule has 0 atom stereocenters. The highest BCUT2D eigenvalue weighted by Crippen LogP contribution is 2.16. The molecule has 0 saturated carbocycles. The van der Waals surface area contributed by atoms with Crippen molar-refractivity contribution in [1.29, 1.82) is 0 Å². The van der Waals surface area contributed by atoms with Gasteiger partial charge in [0.25, 0.3) is 0 Å². The van der Waals surface area contributed by atoms with Gasteiger partial charge in [-0.05, 0) is 6.07 Å². The molecule has 1 aliphatic heterocycles. The number of carbonyl (C=O) groups is 1. The van der Waals surface area contributed by atoms with Crippen LogP contribution < -0.4 is 4.74 Å². The van der Waals surface area contributed by atoms with E-state index in [0.717, 1.165) is 12.8 Å². The van der Waals surface area contributed by atoms with Crippen molar-refractivity contribution in [3.63, 3.8) is 0 Å². The molecule has 1 aromatic heterocycles. The number of aromatic nitrogens is 1. The topological polar surface area (TPSA) is 62.7 Å². The van der Waals surface area contributed by atoms with Crippen LogP contribution in [0.25, 0.3) is 0 Å². The number of hydrogen-bond donors (Lipinski definition) is 1. The Bertz CT molecular complexity index is 353. The first kappa shape index (κ1) is 13.6. The van der Waals surface area contributed by atoms with Crippen LogP contribution in [0.4, 0.5) is 4.79 Å². The van der Waals surface area contributed by atoms with Crippen molar-refractivity contribution in [2.24, 2.45) is 0 Å². The van der Waals surface area contributed by atoms with E-state index in [1.807, 2.05) is 18.2 Å². The lowest BCUT2D eigenvalue weighted by Crippen LogP contribution is -2.41. The molecule has 6 heteroatoms. The molecular weight excluding hydrogens is 244 g/mol. The Kier molecular flexibility index (Phi) is 5.03. The molecular formula is C11H15ClN2O3. The Morgan fingerprint density at radius 3 is 2.65 bits per heavy atom. The highest BCUT2D eigenvalue weighted by molar-refractivity contribution is 5.85. The lowest BCUT2D eigenvalue weighted by Gasteiger charge is -2.29. The molecule has 1 fully saturated rings. The van der Waals surface area contributed by atoms with Crippen LogP contribution >= 0.6 is 12.4 Å². The molecule has 1 N–H and O–H groups in total. The Morgan fingerprint density at radius 2 is 2.12 bits per heavy atom. The van der Waals surface area contributed by atoms with Crippen molar-refractivity contribution < 1.29 is 14.6 Å². The first-order valence-corrected chi connectivity index (χ1v) is 5.31. The van der Waals surface area contributed by atoms with Crippen LogP contribution in [0.5, 0.6) is 5.88 Å². The fourth-order valence-corrected chi connectivity index (χ4v) is 1.75. The highest BCUT2D eigenvalue weighted by atomic mass is 35.5. The fraction of sp³-hybridized carbons (Fsp3) is 0.455. The molecule has 2 heterocycles.